The number of esters is 1. The summed E-state index contributed by atoms with van der Waals surface area (Å²) in [6.07, 6.45) is 3.18. The van der Waals surface area contributed by atoms with E-state index in [2.05, 4.69) is 17.9 Å². The van der Waals surface area contributed by atoms with Gasteiger partial charge in [0.15, 0.2) is 0 Å². The molecule has 0 fully saturated rings. The molecule has 6 nitrogen and oxygen atoms in total. The molecule has 94 valence electrons. The van der Waals surface area contributed by atoms with E-state index in [4.69, 9.17) is 15.3 Å². The Balaban J connectivity index is 4.44. The van der Waals surface area contributed by atoms with Crippen LogP contribution in [0, 0.1) is 0 Å². The van der Waals surface area contributed by atoms with Crippen molar-refractivity contribution >= 4 is 11.9 Å². The zero-order valence-electron chi connectivity index (χ0n) is 9.13. The number of carbonyl (C=O) groups excluding carboxylic acids is 1. The Kier molecular flexibility index (Phi) is 5.87. The lowest BCUT2D eigenvalue weighted by Gasteiger charge is -2.17. The van der Waals surface area contributed by atoms with Crippen molar-refractivity contribution in [1.82, 2.24) is 0 Å². The molecule has 6 heteroatoms. The standard InChI is InChI=1S/C11H14O6/c1-3-5-8(4-2)7-17-10(14)11(15,16)6-9(12)13/h3-5,15-16H,1-2,6-7H2,(H,12,13). The Morgan fingerprint density at radius 3 is 2.29 bits per heavy atom. The molecule has 0 radical (unpaired) electrons. The van der Waals surface area contributed by atoms with Gasteiger partial charge in [-0.25, -0.2) is 4.79 Å². The summed E-state index contributed by atoms with van der Waals surface area (Å²) in [6, 6.07) is 0. The molecule has 0 spiro atoms. The van der Waals surface area contributed by atoms with Crippen LogP contribution < -0.4 is 0 Å². The second-order valence-electron chi connectivity index (χ2n) is 3.14. The Bertz CT molecular complexity index is 353. The van der Waals surface area contributed by atoms with Crippen molar-refractivity contribution in [2.75, 3.05) is 6.61 Å². The third-order valence-electron chi connectivity index (χ3n) is 1.69. The third-order valence-corrected chi connectivity index (χ3v) is 1.69. The van der Waals surface area contributed by atoms with Crippen molar-refractivity contribution in [2.24, 2.45) is 0 Å². The lowest BCUT2D eigenvalue weighted by atomic mass is 10.2. The number of hydrogen-bond donors (Lipinski definition) is 3. The van der Waals surface area contributed by atoms with Crippen LogP contribution in [-0.4, -0.2) is 39.7 Å². The van der Waals surface area contributed by atoms with Gasteiger partial charge >= 0.3 is 11.9 Å². The molecular formula is C11H14O6. The molecule has 0 aromatic carbocycles. The predicted molar refractivity (Wildman–Crippen MR) is 58.9 cm³/mol. The minimum absolute atomic E-state index is 0.253. The summed E-state index contributed by atoms with van der Waals surface area (Å²) in [5, 5.41) is 26.5. The Labute approximate surface area is 98.1 Å². The SMILES string of the molecule is C=CC=C(C=C)COC(=O)C(O)(O)CC(=O)O. The first-order valence-electron chi connectivity index (χ1n) is 4.61. The quantitative estimate of drug-likeness (QED) is 0.329. The Morgan fingerprint density at radius 1 is 1.29 bits per heavy atom. The fourth-order valence-corrected chi connectivity index (χ4v) is 0.874. The first kappa shape index (κ1) is 15.1. The minimum atomic E-state index is -3.04. The van der Waals surface area contributed by atoms with Crippen LogP contribution in [-0.2, 0) is 14.3 Å². The number of carboxylic acids is 1. The maximum atomic E-state index is 11.2. The summed E-state index contributed by atoms with van der Waals surface area (Å²) in [7, 11) is 0. The molecule has 17 heavy (non-hydrogen) atoms. The van der Waals surface area contributed by atoms with Gasteiger partial charge in [0.2, 0.25) is 0 Å². The number of ether oxygens (including phenoxy) is 1. The van der Waals surface area contributed by atoms with Crippen LogP contribution in [0.3, 0.4) is 0 Å². The second-order valence-corrected chi connectivity index (χ2v) is 3.14. The highest BCUT2D eigenvalue weighted by molar-refractivity contribution is 5.83. The molecular weight excluding hydrogens is 228 g/mol. The van der Waals surface area contributed by atoms with Gasteiger partial charge in [-0.15, -0.1) is 0 Å². The monoisotopic (exact) mass is 242 g/mol. The molecule has 0 saturated heterocycles. The Morgan fingerprint density at radius 2 is 1.88 bits per heavy atom. The number of carbonyl (C=O) groups is 2. The van der Waals surface area contributed by atoms with Gasteiger partial charge in [0, 0.05) is 0 Å². The van der Waals surface area contributed by atoms with Crippen molar-refractivity contribution in [1.29, 1.82) is 0 Å². The lowest BCUT2D eigenvalue weighted by molar-refractivity contribution is -0.213. The van der Waals surface area contributed by atoms with Crippen LogP contribution in [0.1, 0.15) is 6.42 Å². The summed E-state index contributed by atoms with van der Waals surface area (Å²) in [4.78, 5) is 21.4. The van der Waals surface area contributed by atoms with Gasteiger partial charge in [0.25, 0.3) is 5.79 Å². The van der Waals surface area contributed by atoms with Gasteiger partial charge in [-0.2, -0.15) is 0 Å². The molecule has 0 aromatic heterocycles. The molecule has 0 aliphatic heterocycles. The number of carboxylic acid groups (broad SMARTS) is 1. The van der Waals surface area contributed by atoms with Crippen LogP contribution in [0.4, 0.5) is 0 Å². The molecule has 0 atom stereocenters. The van der Waals surface area contributed by atoms with Crippen LogP contribution in [0.25, 0.3) is 0 Å². The lowest BCUT2D eigenvalue weighted by Crippen LogP contribution is -2.42. The maximum Gasteiger partial charge on any atom is 0.367 e. The average molecular weight is 242 g/mol. The molecule has 0 rings (SSSR count). The summed E-state index contributed by atoms with van der Waals surface area (Å²) in [5.41, 5.74) is 0.486. The summed E-state index contributed by atoms with van der Waals surface area (Å²) >= 11 is 0. The number of hydrogen-bond acceptors (Lipinski definition) is 5. The molecule has 0 aliphatic carbocycles. The van der Waals surface area contributed by atoms with Crippen molar-refractivity contribution in [3.05, 3.63) is 37.0 Å². The summed E-state index contributed by atoms with van der Waals surface area (Å²) in [6.45, 7) is 6.61. The molecule has 3 N–H and O–H groups in total. The number of aliphatic carboxylic acids is 1. The van der Waals surface area contributed by atoms with Gasteiger partial charge in [-0.3, -0.25) is 4.79 Å². The fraction of sp³-hybridized carbons (Fsp3) is 0.273. The molecule has 0 aromatic rings. The van der Waals surface area contributed by atoms with Gasteiger partial charge in [0.05, 0.1) is 0 Å². The minimum Gasteiger partial charge on any atom is -0.481 e. The normalized spacial score (nSPS) is 11.8. The molecule has 0 bridgehead atoms. The van der Waals surface area contributed by atoms with E-state index in [1.165, 1.54) is 18.2 Å². The highest BCUT2D eigenvalue weighted by Gasteiger charge is 2.37. The van der Waals surface area contributed by atoms with E-state index in [0.717, 1.165) is 0 Å². The van der Waals surface area contributed by atoms with Crippen LogP contribution in [0.2, 0.25) is 0 Å². The smallest absolute Gasteiger partial charge is 0.367 e. The van der Waals surface area contributed by atoms with Crippen LogP contribution in [0.5, 0.6) is 0 Å². The summed E-state index contributed by atoms with van der Waals surface area (Å²) < 4.78 is 4.52. The second kappa shape index (κ2) is 6.62. The third kappa shape index (κ3) is 5.64. The van der Waals surface area contributed by atoms with Gasteiger partial charge in [-0.05, 0) is 5.57 Å². The van der Waals surface area contributed by atoms with Gasteiger partial charge in [-0.1, -0.05) is 31.4 Å². The van der Waals surface area contributed by atoms with E-state index in [0.29, 0.717) is 5.57 Å². The van der Waals surface area contributed by atoms with E-state index in [1.54, 1.807) is 0 Å². The Hall–Kier alpha value is -1.92. The first-order valence-corrected chi connectivity index (χ1v) is 4.61. The van der Waals surface area contributed by atoms with Crippen molar-refractivity contribution in [2.45, 2.75) is 12.2 Å². The zero-order valence-corrected chi connectivity index (χ0v) is 9.13. The molecule has 0 aliphatic rings. The van der Waals surface area contributed by atoms with Gasteiger partial charge < -0.3 is 20.1 Å². The largest absolute Gasteiger partial charge is 0.481 e. The first-order chi connectivity index (χ1) is 7.83. The van der Waals surface area contributed by atoms with Crippen LogP contribution >= 0.6 is 0 Å². The van der Waals surface area contributed by atoms with Crippen molar-refractivity contribution in [3.8, 4) is 0 Å². The van der Waals surface area contributed by atoms with Gasteiger partial charge in [0.1, 0.15) is 13.0 Å². The van der Waals surface area contributed by atoms with E-state index in [1.807, 2.05) is 0 Å². The van der Waals surface area contributed by atoms with E-state index in [-0.39, 0.29) is 6.61 Å². The van der Waals surface area contributed by atoms with E-state index in [9.17, 15) is 9.59 Å². The predicted octanol–water partition coefficient (Wildman–Crippen LogP) is -0.0164. The number of allylic oxidation sites excluding steroid dienone is 2. The van der Waals surface area contributed by atoms with Crippen LogP contribution in [0.15, 0.2) is 37.0 Å². The molecule has 0 unspecified atom stereocenters. The molecule has 0 amide bonds. The zero-order chi connectivity index (χ0) is 13.5. The maximum absolute atomic E-state index is 11.2. The van der Waals surface area contributed by atoms with E-state index < -0.39 is 24.1 Å². The van der Waals surface area contributed by atoms with Crippen molar-refractivity contribution < 1.29 is 29.6 Å². The fourth-order valence-electron chi connectivity index (χ4n) is 0.874. The highest BCUT2D eigenvalue weighted by atomic mass is 16.6. The molecule has 0 saturated carbocycles. The topological polar surface area (TPSA) is 104 Å². The summed E-state index contributed by atoms with van der Waals surface area (Å²) in [5.74, 6) is -6.00. The highest BCUT2D eigenvalue weighted by Crippen LogP contribution is 2.09. The average Bonchev–Trinajstić information content (AvgIpc) is 2.21. The number of rotatable bonds is 7. The van der Waals surface area contributed by atoms with Crippen molar-refractivity contribution in [3.63, 3.8) is 0 Å². The number of aliphatic hydroxyl groups is 2. The van der Waals surface area contributed by atoms with E-state index >= 15 is 0 Å². The molecule has 0 heterocycles.